The maximum absolute atomic E-state index is 12.5. The molecule has 158 valence electrons. The highest BCUT2D eigenvalue weighted by Gasteiger charge is 2.20. The van der Waals surface area contributed by atoms with Crippen molar-refractivity contribution in [3.05, 3.63) is 28.8 Å². The molecule has 2 amide bonds. The molecule has 1 aliphatic carbocycles. The monoisotopic (exact) mass is 410 g/mol. The largest absolute Gasteiger partial charge is 0.384 e. The van der Waals surface area contributed by atoms with Crippen LogP contribution in [0.25, 0.3) is 0 Å². The summed E-state index contributed by atoms with van der Waals surface area (Å²) in [6.07, 6.45) is 6.83. The highest BCUT2D eigenvalue weighted by molar-refractivity contribution is 6.34. The van der Waals surface area contributed by atoms with Gasteiger partial charge in [0.25, 0.3) is 5.91 Å². The van der Waals surface area contributed by atoms with Crippen molar-refractivity contribution in [2.24, 2.45) is 11.3 Å². The van der Waals surface area contributed by atoms with Crippen molar-refractivity contribution >= 4 is 29.6 Å². The molecule has 0 aliphatic heterocycles. The van der Waals surface area contributed by atoms with Crippen LogP contribution in [0.2, 0.25) is 5.02 Å². The van der Waals surface area contributed by atoms with E-state index in [0.29, 0.717) is 34.0 Å². The van der Waals surface area contributed by atoms with E-state index in [2.05, 4.69) is 26.1 Å². The van der Waals surface area contributed by atoms with E-state index in [-0.39, 0.29) is 5.91 Å². The van der Waals surface area contributed by atoms with E-state index in [1.165, 1.54) is 32.1 Å². The molecule has 1 aromatic rings. The van der Waals surface area contributed by atoms with E-state index in [9.17, 15) is 9.59 Å². The number of ether oxygens (including phenoxy) is 1. The highest BCUT2D eigenvalue weighted by atomic mass is 35.5. The molecule has 6 heteroatoms. The Morgan fingerprint density at radius 3 is 2.39 bits per heavy atom. The molecule has 1 N–H and O–H groups in total. The molecule has 2 rings (SSSR count). The van der Waals surface area contributed by atoms with Crippen molar-refractivity contribution in [3.63, 3.8) is 0 Å². The molecule has 0 aromatic heterocycles. The van der Waals surface area contributed by atoms with Crippen LogP contribution >= 0.6 is 11.6 Å². The summed E-state index contributed by atoms with van der Waals surface area (Å²) < 4.78 is 4.91. The number of nitrogens with one attached hydrogen (secondary N) is 1. The van der Waals surface area contributed by atoms with E-state index >= 15 is 0 Å². The Morgan fingerprint density at radius 2 is 1.93 bits per heavy atom. The van der Waals surface area contributed by atoms with Crippen molar-refractivity contribution < 1.29 is 14.3 Å². The molecule has 0 heterocycles. The number of benzene rings is 1. The summed E-state index contributed by atoms with van der Waals surface area (Å²) in [5.74, 6) is 0.533. The van der Waals surface area contributed by atoms with Gasteiger partial charge in [0.15, 0.2) is 0 Å². The number of nitrogens with zero attached hydrogens (tertiary/aromatic N) is 1. The second-order valence-electron chi connectivity index (χ2n) is 8.64. The van der Waals surface area contributed by atoms with Crippen LogP contribution in [0, 0.1) is 11.3 Å². The van der Waals surface area contributed by atoms with E-state index in [4.69, 9.17) is 16.3 Å². The summed E-state index contributed by atoms with van der Waals surface area (Å²) in [6.45, 7) is 8.07. The number of carbonyl (C=O) groups is 2. The molecule has 0 spiro atoms. The molecule has 1 aliphatic rings. The van der Waals surface area contributed by atoms with Gasteiger partial charge in [-0.1, -0.05) is 51.6 Å². The third-order valence-corrected chi connectivity index (χ3v) is 4.92. The molecule has 5 nitrogen and oxygen atoms in total. The molecule has 1 aromatic carbocycles. The Morgan fingerprint density at radius 1 is 1.29 bits per heavy atom. The van der Waals surface area contributed by atoms with Crippen LogP contribution in [-0.4, -0.2) is 44.5 Å². The van der Waals surface area contributed by atoms with Crippen molar-refractivity contribution in [3.8, 4) is 0 Å². The van der Waals surface area contributed by atoms with Gasteiger partial charge in [-0.15, -0.1) is 0 Å². The number of carbonyl (C=O) groups excluding carboxylic acids is 2. The normalized spacial score (nSPS) is 14.6. The summed E-state index contributed by atoms with van der Waals surface area (Å²) in [5.41, 5.74) is 1.39. The van der Waals surface area contributed by atoms with Crippen molar-refractivity contribution in [2.45, 2.75) is 52.9 Å². The van der Waals surface area contributed by atoms with E-state index in [0.717, 1.165) is 13.2 Å². The van der Waals surface area contributed by atoms with Gasteiger partial charge in [0, 0.05) is 26.4 Å². The number of halogens is 1. The molecule has 0 radical (unpaired) electrons. The topological polar surface area (TPSA) is 58.6 Å². The van der Waals surface area contributed by atoms with Gasteiger partial charge < -0.3 is 15.0 Å². The van der Waals surface area contributed by atoms with Crippen LogP contribution in [0.4, 0.5) is 5.69 Å². The maximum atomic E-state index is 12.5. The molecular formula is C22H35ClN2O3. The number of rotatable bonds is 6. The van der Waals surface area contributed by atoms with Crippen LogP contribution in [0.3, 0.4) is 0 Å². The van der Waals surface area contributed by atoms with Gasteiger partial charge in [-0.3, -0.25) is 9.59 Å². The Labute approximate surface area is 174 Å². The van der Waals surface area contributed by atoms with Crippen LogP contribution < -0.4 is 5.32 Å². The van der Waals surface area contributed by atoms with Gasteiger partial charge in [0.05, 0.1) is 17.2 Å². The number of anilines is 1. The van der Waals surface area contributed by atoms with Crippen LogP contribution in [0.15, 0.2) is 18.2 Å². The third-order valence-electron chi connectivity index (χ3n) is 4.61. The summed E-state index contributed by atoms with van der Waals surface area (Å²) in [4.78, 5) is 24.6. The molecule has 0 bridgehead atoms. The average molecular weight is 411 g/mol. The fraction of sp³-hybridized carbons (Fsp3) is 0.636. The van der Waals surface area contributed by atoms with Crippen molar-refractivity contribution in [2.75, 3.05) is 32.6 Å². The summed E-state index contributed by atoms with van der Waals surface area (Å²) in [5, 5.41) is 2.88. The number of hydrogen-bond donors (Lipinski definition) is 1. The Hall–Kier alpha value is -1.59. The number of hydrogen-bond acceptors (Lipinski definition) is 3. The van der Waals surface area contributed by atoms with Crippen LogP contribution in [0.1, 0.15) is 63.2 Å². The summed E-state index contributed by atoms with van der Waals surface area (Å²) in [6, 6.07) is 4.94. The molecule has 0 saturated heterocycles. The van der Waals surface area contributed by atoms with Crippen molar-refractivity contribution in [1.82, 2.24) is 4.90 Å². The lowest BCUT2D eigenvalue weighted by atomic mass is 9.89. The Bertz CT molecular complexity index is 623. The predicted octanol–water partition coefficient (Wildman–Crippen LogP) is 5.24. The van der Waals surface area contributed by atoms with E-state index in [1.807, 2.05) is 7.05 Å². The van der Waals surface area contributed by atoms with Gasteiger partial charge in [0.1, 0.15) is 0 Å². The molecule has 0 atom stereocenters. The first-order valence-electron chi connectivity index (χ1n) is 9.92. The molecule has 1 fully saturated rings. The second-order valence-corrected chi connectivity index (χ2v) is 9.05. The minimum Gasteiger partial charge on any atom is -0.384 e. The van der Waals surface area contributed by atoms with Gasteiger partial charge in [-0.2, -0.15) is 0 Å². The van der Waals surface area contributed by atoms with Gasteiger partial charge >= 0.3 is 0 Å². The van der Waals surface area contributed by atoms with Gasteiger partial charge in [-0.25, -0.2) is 0 Å². The lowest BCUT2D eigenvalue weighted by molar-refractivity contribution is -0.105. The molecular weight excluding hydrogens is 376 g/mol. The lowest BCUT2D eigenvalue weighted by Gasteiger charge is -2.27. The van der Waals surface area contributed by atoms with Gasteiger partial charge in [0.2, 0.25) is 6.41 Å². The fourth-order valence-corrected chi connectivity index (χ4v) is 3.59. The first-order valence-corrected chi connectivity index (χ1v) is 10.3. The first kappa shape index (κ1) is 24.4. The smallest absolute Gasteiger partial charge is 0.255 e. The van der Waals surface area contributed by atoms with Crippen molar-refractivity contribution in [1.29, 1.82) is 0 Å². The molecule has 1 saturated carbocycles. The quantitative estimate of drug-likeness (QED) is 0.652. The Balaban J connectivity index is 0.000000480. The minimum atomic E-state index is -0.0665. The second kappa shape index (κ2) is 12.1. The Kier molecular flexibility index (Phi) is 10.5. The first-order chi connectivity index (χ1) is 13.2. The summed E-state index contributed by atoms with van der Waals surface area (Å²) >= 11 is 6.14. The zero-order valence-corrected chi connectivity index (χ0v) is 18.6. The predicted molar refractivity (Wildman–Crippen MR) is 116 cm³/mol. The zero-order chi connectivity index (χ0) is 21.2. The zero-order valence-electron chi connectivity index (χ0n) is 17.9. The SMILES string of the molecule is CN(CC1CCCCC1)C(=O)c1ccc(NC=O)cc1Cl.COCC(C)(C)C. The van der Waals surface area contributed by atoms with Crippen LogP contribution in [-0.2, 0) is 9.53 Å². The standard InChI is InChI=1S/C16H21ClN2O2.C6H14O/c1-19(10-12-5-3-2-4-6-12)16(21)14-8-7-13(18-11-20)9-15(14)17;1-6(2,3)5-7-4/h7-9,11-12H,2-6,10H2,1H3,(H,18,20);5H2,1-4H3. The lowest BCUT2D eigenvalue weighted by Crippen LogP contribution is -2.32. The third kappa shape index (κ3) is 9.07. The number of amides is 2. The number of methoxy groups -OCH3 is 1. The molecule has 0 unspecified atom stereocenters. The van der Waals surface area contributed by atoms with E-state index in [1.54, 1.807) is 30.2 Å². The molecule has 28 heavy (non-hydrogen) atoms. The minimum absolute atomic E-state index is 0.0665. The van der Waals surface area contributed by atoms with Gasteiger partial charge in [-0.05, 0) is 42.4 Å². The van der Waals surface area contributed by atoms with Crippen LogP contribution in [0.5, 0.6) is 0 Å². The average Bonchev–Trinajstić information content (AvgIpc) is 2.62. The maximum Gasteiger partial charge on any atom is 0.255 e. The van der Waals surface area contributed by atoms with E-state index < -0.39 is 0 Å². The summed E-state index contributed by atoms with van der Waals surface area (Å²) in [7, 11) is 3.55. The highest BCUT2D eigenvalue weighted by Crippen LogP contribution is 2.26. The fourth-order valence-electron chi connectivity index (χ4n) is 3.32.